The van der Waals surface area contributed by atoms with E-state index < -0.39 is 0 Å². The van der Waals surface area contributed by atoms with E-state index in [0.717, 1.165) is 24.3 Å². The van der Waals surface area contributed by atoms with Crippen molar-refractivity contribution >= 4 is 5.84 Å². The van der Waals surface area contributed by atoms with Crippen LogP contribution in [0.1, 0.15) is 50.2 Å². The summed E-state index contributed by atoms with van der Waals surface area (Å²) in [4.78, 5) is 0. The number of benzene rings is 1. The molecule has 3 N–H and O–H groups in total. The highest BCUT2D eigenvalue weighted by Gasteiger charge is 2.06. The molecule has 4 heteroatoms. The molecule has 4 nitrogen and oxygen atoms in total. The summed E-state index contributed by atoms with van der Waals surface area (Å²) in [6.45, 7) is 3.47. The molecule has 0 aliphatic heterocycles. The molecule has 0 fully saturated rings. The molecule has 0 amide bonds. The molecule has 20 heavy (non-hydrogen) atoms. The van der Waals surface area contributed by atoms with Gasteiger partial charge in [0.25, 0.3) is 0 Å². The Morgan fingerprint density at radius 2 is 1.95 bits per heavy atom. The Bertz CT molecular complexity index is 419. The third-order valence-corrected chi connectivity index (χ3v) is 3.24. The summed E-state index contributed by atoms with van der Waals surface area (Å²) in [6, 6.07) is 5.48. The molecule has 0 aliphatic carbocycles. The molecular weight excluding hydrogens is 252 g/mol. The SMILES string of the molecule is CCCCCCCOCc1cc(C(=N)N)ccc1OC. The first kappa shape index (κ1) is 16.5. The molecule has 0 aromatic heterocycles. The molecule has 0 heterocycles. The van der Waals surface area contributed by atoms with E-state index in [4.69, 9.17) is 20.6 Å². The zero-order valence-corrected chi connectivity index (χ0v) is 12.6. The molecule has 1 rings (SSSR count). The van der Waals surface area contributed by atoms with Crippen LogP contribution in [-0.4, -0.2) is 19.6 Å². The van der Waals surface area contributed by atoms with Gasteiger partial charge in [-0.3, -0.25) is 5.41 Å². The number of nitrogens with two attached hydrogens (primary N) is 1. The largest absolute Gasteiger partial charge is 0.496 e. The second kappa shape index (κ2) is 9.37. The molecule has 0 aliphatic rings. The van der Waals surface area contributed by atoms with Crippen LogP contribution in [0.15, 0.2) is 18.2 Å². The van der Waals surface area contributed by atoms with Crippen molar-refractivity contribution in [2.75, 3.05) is 13.7 Å². The number of rotatable bonds is 10. The second-order valence-corrected chi connectivity index (χ2v) is 4.91. The van der Waals surface area contributed by atoms with E-state index in [0.29, 0.717) is 12.2 Å². The fraction of sp³-hybridized carbons (Fsp3) is 0.562. The Kier molecular flexibility index (Phi) is 7.73. The van der Waals surface area contributed by atoms with Crippen LogP contribution < -0.4 is 10.5 Å². The van der Waals surface area contributed by atoms with Gasteiger partial charge in [-0.05, 0) is 24.6 Å². The van der Waals surface area contributed by atoms with Gasteiger partial charge in [0, 0.05) is 17.7 Å². The van der Waals surface area contributed by atoms with E-state index in [1.54, 1.807) is 13.2 Å². The second-order valence-electron chi connectivity index (χ2n) is 4.91. The van der Waals surface area contributed by atoms with Gasteiger partial charge in [-0.2, -0.15) is 0 Å². The lowest BCUT2D eigenvalue weighted by atomic mass is 10.1. The smallest absolute Gasteiger partial charge is 0.124 e. The number of nitrogens with one attached hydrogen (secondary N) is 1. The van der Waals surface area contributed by atoms with Crippen molar-refractivity contribution in [1.82, 2.24) is 0 Å². The highest BCUT2D eigenvalue weighted by Crippen LogP contribution is 2.20. The predicted molar refractivity (Wildman–Crippen MR) is 82.4 cm³/mol. The van der Waals surface area contributed by atoms with Gasteiger partial charge >= 0.3 is 0 Å². The fourth-order valence-corrected chi connectivity index (χ4v) is 2.05. The summed E-state index contributed by atoms with van der Waals surface area (Å²) in [5.41, 5.74) is 7.14. The van der Waals surface area contributed by atoms with Crippen LogP contribution in [0.2, 0.25) is 0 Å². The highest BCUT2D eigenvalue weighted by atomic mass is 16.5. The Hall–Kier alpha value is -1.55. The normalized spacial score (nSPS) is 10.5. The van der Waals surface area contributed by atoms with Crippen molar-refractivity contribution in [2.45, 2.75) is 45.6 Å². The minimum absolute atomic E-state index is 0.0634. The van der Waals surface area contributed by atoms with Crippen LogP contribution in [0.4, 0.5) is 0 Å². The first-order chi connectivity index (χ1) is 9.69. The maximum Gasteiger partial charge on any atom is 0.124 e. The lowest BCUT2D eigenvalue weighted by molar-refractivity contribution is 0.115. The standard InChI is InChI=1S/C16H26N2O2/c1-3-4-5-6-7-10-20-12-14-11-13(16(17)18)8-9-15(14)19-2/h8-9,11H,3-7,10,12H2,1-2H3,(H3,17,18). The van der Waals surface area contributed by atoms with Crippen LogP contribution in [0.5, 0.6) is 5.75 Å². The summed E-state index contributed by atoms with van der Waals surface area (Å²) in [7, 11) is 1.64. The Balaban J connectivity index is 2.41. The zero-order valence-electron chi connectivity index (χ0n) is 12.6. The Morgan fingerprint density at radius 1 is 1.20 bits per heavy atom. The van der Waals surface area contributed by atoms with Gasteiger partial charge in [-0.15, -0.1) is 0 Å². The van der Waals surface area contributed by atoms with Gasteiger partial charge in [-0.1, -0.05) is 32.6 Å². The van der Waals surface area contributed by atoms with Crippen LogP contribution in [0, 0.1) is 5.41 Å². The number of hydrogen-bond donors (Lipinski definition) is 2. The fourth-order valence-electron chi connectivity index (χ4n) is 2.05. The first-order valence-electron chi connectivity index (χ1n) is 7.28. The summed E-state index contributed by atoms with van der Waals surface area (Å²) in [5, 5.41) is 7.46. The minimum atomic E-state index is 0.0634. The summed E-state index contributed by atoms with van der Waals surface area (Å²) >= 11 is 0. The molecule has 0 saturated carbocycles. The number of amidine groups is 1. The minimum Gasteiger partial charge on any atom is -0.496 e. The van der Waals surface area contributed by atoms with Gasteiger partial charge in [0.2, 0.25) is 0 Å². The van der Waals surface area contributed by atoms with Crippen molar-refractivity contribution in [3.63, 3.8) is 0 Å². The Morgan fingerprint density at radius 3 is 2.60 bits per heavy atom. The third-order valence-electron chi connectivity index (χ3n) is 3.24. The third kappa shape index (κ3) is 5.61. The zero-order chi connectivity index (χ0) is 14.8. The lowest BCUT2D eigenvalue weighted by Crippen LogP contribution is -2.11. The molecule has 0 spiro atoms. The quantitative estimate of drug-likeness (QED) is 0.391. The first-order valence-corrected chi connectivity index (χ1v) is 7.28. The summed E-state index contributed by atoms with van der Waals surface area (Å²) < 4.78 is 11.0. The van der Waals surface area contributed by atoms with Gasteiger partial charge in [0.15, 0.2) is 0 Å². The van der Waals surface area contributed by atoms with Crippen molar-refractivity contribution in [2.24, 2.45) is 5.73 Å². The Labute approximate surface area is 121 Å². The molecular formula is C16H26N2O2. The molecule has 0 unspecified atom stereocenters. The van der Waals surface area contributed by atoms with Gasteiger partial charge in [0.1, 0.15) is 11.6 Å². The average Bonchev–Trinajstić information content (AvgIpc) is 2.46. The van der Waals surface area contributed by atoms with Crippen LogP contribution in [0.3, 0.4) is 0 Å². The number of hydrogen-bond acceptors (Lipinski definition) is 3. The van der Waals surface area contributed by atoms with E-state index in [9.17, 15) is 0 Å². The van der Waals surface area contributed by atoms with Crippen LogP contribution in [0.25, 0.3) is 0 Å². The summed E-state index contributed by atoms with van der Waals surface area (Å²) in [5.74, 6) is 0.842. The average molecular weight is 278 g/mol. The van der Waals surface area contributed by atoms with E-state index in [1.165, 1.54) is 25.7 Å². The number of nitrogen functional groups attached to an aromatic ring is 1. The molecule has 1 aromatic carbocycles. The molecule has 0 saturated heterocycles. The van der Waals surface area contributed by atoms with E-state index in [2.05, 4.69) is 6.92 Å². The predicted octanol–water partition coefficient (Wildman–Crippen LogP) is 3.47. The van der Waals surface area contributed by atoms with Crippen molar-refractivity contribution in [3.05, 3.63) is 29.3 Å². The lowest BCUT2D eigenvalue weighted by Gasteiger charge is -2.11. The van der Waals surface area contributed by atoms with Crippen molar-refractivity contribution in [1.29, 1.82) is 5.41 Å². The molecule has 0 radical (unpaired) electrons. The molecule has 0 bridgehead atoms. The molecule has 1 aromatic rings. The van der Waals surface area contributed by atoms with Crippen LogP contribution in [-0.2, 0) is 11.3 Å². The van der Waals surface area contributed by atoms with Crippen molar-refractivity contribution < 1.29 is 9.47 Å². The number of ether oxygens (including phenoxy) is 2. The maximum absolute atomic E-state index is 7.46. The summed E-state index contributed by atoms with van der Waals surface area (Å²) in [6.07, 6.45) is 6.15. The van der Waals surface area contributed by atoms with Crippen LogP contribution >= 0.6 is 0 Å². The topological polar surface area (TPSA) is 68.3 Å². The molecule has 112 valence electrons. The van der Waals surface area contributed by atoms with E-state index >= 15 is 0 Å². The maximum atomic E-state index is 7.46. The van der Waals surface area contributed by atoms with E-state index in [-0.39, 0.29) is 5.84 Å². The van der Waals surface area contributed by atoms with Crippen molar-refractivity contribution in [3.8, 4) is 5.75 Å². The molecule has 0 atom stereocenters. The monoisotopic (exact) mass is 278 g/mol. The van der Waals surface area contributed by atoms with Gasteiger partial charge < -0.3 is 15.2 Å². The van der Waals surface area contributed by atoms with Gasteiger partial charge in [0.05, 0.1) is 13.7 Å². The number of unbranched alkanes of at least 4 members (excludes halogenated alkanes) is 4. The van der Waals surface area contributed by atoms with E-state index in [1.807, 2.05) is 12.1 Å². The number of methoxy groups -OCH3 is 1. The van der Waals surface area contributed by atoms with Gasteiger partial charge in [-0.25, -0.2) is 0 Å². The highest BCUT2D eigenvalue weighted by molar-refractivity contribution is 5.95.